The predicted octanol–water partition coefficient (Wildman–Crippen LogP) is 6.93. The van der Waals surface area contributed by atoms with Crippen LogP contribution < -0.4 is 0 Å². The molecule has 3 rings (SSSR count). The zero-order valence-corrected chi connectivity index (χ0v) is 17.2. The predicted molar refractivity (Wildman–Crippen MR) is 126 cm³/mol. The topological polar surface area (TPSA) is 29.5 Å². The Hall–Kier alpha value is -3.62. The third kappa shape index (κ3) is 5.25. The Morgan fingerprint density at radius 3 is 1.07 bits per heavy atom. The van der Waals surface area contributed by atoms with Crippen LogP contribution in [-0.4, -0.2) is 5.11 Å². The highest BCUT2D eigenvalue weighted by atomic mass is 16.5. The summed E-state index contributed by atoms with van der Waals surface area (Å²) in [6.45, 7) is 15.8. The molecule has 0 fully saturated rings. The summed E-state index contributed by atoms with van der Waals surface area (Å²) in [6, 6.07) is 28.5. The molecule has 0 saturated heterocycles. The quantitative estimate of drug-likeness (QED) is 0.418. The molecule has 3 aromatic carbocycles. The normalized spacial score (nSPS) is 10.8. The second-order valence-corrected chi connectivity index (χ2v) is 6.57. The van der Waals surface area contributed by atoms with Crippen LogP contribution in [0.15, 0.2) is 142 Å². The van der Waals surface area contributed by atoms with E-state index in [1.54, 1.807) is 48.6 Å². The summed E-state index contributed by atoms with van der Waals surface area (Å²) in [5.74, 6) is 0.322. The summed E-state index contributed by atoms with van der Waals surface area (Å²) in [7, 11) is 0. The number of aromatic hydroxyl groups is 1. The van der Waals surface area contributed by atoms with Crippen molar-refractivity contribution in [2.75, 3.05) is 0 Å². The molecule has 0 heterocycles. The van der Waals surface area contributed by atoms with Gasteiger partial charge in [0.15, 0.2) is 0 Å². The number of phenols is 1. The van der Waals surface area contributed by atoms with Gasteiger partial charge in [-0.2, -0.15) is 0 Å². The van der Waals surface area contributed by atoms with Crippen molar-refractivity contribution in [3.8, 4) is 5.75 Å². The highest BCUT2D eigenvalue weighted by Gasteiger charge is 2.37. The Morgan fingerprint density at radius 2 is 0.833 bits per heavy atom. The van der Waals surface area contributed by atoms with Gasteiger partial charge in [-0.25, -0.2) is 0 Å². The van der Waals surface area contributed by atoms with Gasteiger partial charge >= 0.3 is 0 Å². The summed E-state index contributed by atoms with van der Waals surface area (Å²) < 4.78 is 6.52. The molecule has 2 nitrogen and oxygen atoms in total. The second-order valence-electron chi connectivity index (χ2n) is 6.57. The first-order valence-corrected chi connectivity index (χ1v) is 9.65. The molecule has 0 atom stereocenters. The molecule has 0 bridgehead atoms. The third-order valence-electron chi connectivity index (χ3n) is 4.76. The lowest BCUT2D eigenvalue weighted by Gasteiger charge is -2.38. The number of ether oxygens (including phenoxy) is 1. The summed E-state index contributed by atoms with van der Waals surface area (Å²) in [5.41, 5.74) is 0.210. The van der Waals surface area contributed by atoms with Crippen LogP contribution >= 0.6 is 0 Å². The minimum Gasteiger partial charge on any atom is -0.508 e. The number of rotatable bonds is 8. The van der Waals surface area contributed by atoms with Crippen LogP contribution in [0.3, 0.4) is 0 Å². The molecule has 0 aliphatic rings. The van der Waals surface area contributed by atoms with Gasteiger partial charge in [0, 0.05) is 0 Å². The van der Waals surface area contributed by atoms with E-state index < -0.39 is 11.2 Å². The summed E-state index contributed by atoms with van der Waals surface area (Å²) >= 11 is 0. The fraction of sp³-hybridized carbons (Fsp3) is 0.0714. The Morgan fingerprint density at radius 1 is 0.533 bits per heavy atom. The van der Waals surface area contributed by atoms with Crippen molar-refractivity contribution in [3.05, 3.63) is 153 Å². The molecule has 0 spiro atoms. The molecule has 0 saturated carbocycles. The van der Waals surface area contributed by atoms with E-state index in [0.717, 1.165) is 11.1 Å². The first-order chi connectivity index (χ1) is 14.6. The Kier molecular flexibility index (Phi) is 8.16. The van der Waals surface area contributed by atoms with Crippen molar-refractivity contribution in [3.63, 3.8) is 0 Å². The van der Waals surface area contributed by atoms with E-state index in [2.05, 4.69) is 26.3 Å². The zero-order valence-electron chi connectivity index (χ0n) is 17.2. The van der Waals surface area contributed by atoms with Crippen molar-refractivity contribution in [1.29, 1.82) is 0 Å². The van der Waals surface area contributed by atoms with Crippen molar-refractivity contribution in [1.82, 2.24) is 0 Å². The lowest BCUT2D eigenvalue weighted by atomic mass is 9.88. The third-order valence-corrected chi connectivity index (χ3v) is 4.76. The van der Waals surface area contributed by atoms with Crippen LogP contribution in [-0.2, 0) is 15.9 Å². The van der Waals surface area contributed by atoms with Gasteiger partial charge in [-0.1, -0.05) is 129 Å². The van der Waals surface area contributed by atoms with Crippen molar-refractivity contribution in [2.45, 2.75) is 11.2 Å². The van der Waals surface area contributed by atoms with Gasteiger partial charge in [0.25, 0.3) is 0 Å². The van der Waals surface area contributed by atoms with E-state index in [0.29, 0.717) is 5.75 Å². The van der Waals surface area contributed by atoms with Crippen LogP contribution in [0, 0.1) is 0 Å². The van der Waals surface area contributed by atoms with Gasteiger partial charge in [0.1, 0.15) is 17.0 Å². The summed E-state index contributed by atoms with van der Waals surface area (Å²) in [6.07, 6.45) is 7.00. The van der Waals surface area contributed by atoms with Crippen LogP contribution in [0.4, 0.5) is 0 Å². The maximum Gasteiger partial charge on any atom is 0.131 e. The number of benzene rings is 3. The van der Waals surface area contributed by atoms with E-state index >= 15 is 0 Å². The van der Waals surface area contributed by atoms with Crippen LogP contribution in [0.2, 0.25) is 0 Å². The fourth-order valence-corrected chi connectivity index (χ4v) is 3.03. The molecule has 0 aliphatic heterocycles. The molecule has 1 N–H and O–H groups in total. The van der Waals surface area contributed by atoms with Gasteiger partial charge < -0.3 is 9.84 Å². The Balaban J connectivity index is 0.000000386. The molecule has 152 valence electrons. The number of para-hydroxylation sites is 1. The van der Waals surface area contributed by atoms with E-state index in [9.17, 15) is 0 Å². The first-order valence-electron chi connectivity index (χ1n) is 9.65. The van der Waals surface area contributed by atoms with E-state index in [1.165, 1.54) is 0 Å². The number of hydrogen-bond donors (Lipinski definition) is 1. The SMILES string of the molecule is C=CC(C=C)(OC(C=C)(C=C)c1ccccc1)c1ccccc1.Oc1ccccc1. The average molecular weight is 397 g/mol. The van der Waals surface area contributed by atoms with Crippen molar-refractivity contribution < 1.29 is 9.84 Å². The van der Waals surface area contributed by atoms with Gasteiger partial charge in [0.2, 0.25) is 0 Å². The molecule has 3 aromatic rings. The zero-order chi connectivity index (χ0) is 21.9. The van der Waals surface area contributed by atoms with Crippen LogP contribution in [0.1, 0.15) is 11.1 Å². The van der Waals surface area contributed by atoms with Crippen molar-refractivity contribution in [2.24, 2.45) is 0 Å². The van der Waals surface area contributed by atoms with E-state index in [4.69, 9.17) is 9.84 Å². The second kappa shape index (κ2) is 10.8. The lowest BCUT2D eigenvalue weighted by molar-refractivity contribution is -0.0627. The molecular formula is C28H28O2. The summed E-state index contributed by atoms with van der Waals surface area (Å²) in [4.78, 5) is 0. The Bertz CT molecular complexity index is 866. The highest BCUT2D eigenvalue weighted by molar-refractivity contribution is 5.37. The smallest absolute Gasteiger partial charge is 0.131 e. The minimum absolute atomic E-state index is 0.322. The molecular weight excluding hydrogens is 368 g/mol. The molecule has 0 amide bonds. The largest absolute Gasteiger partial charge is 0.508 e. The standard InChI is InChI=1S/C22H22O.C6H6O/c1-5-21(6-2,19-15-11-9-12-16-19)23-22(7-3,8-4)20-17-13-10-14-18-20;7-6-4-2-1-3-5-6/h5-18H,1-4H2;1-5,7H. The molecule has 2 heteroatoms. The maximum absolute atomic E-state index is 8.63. The molecule has 0 aromatic heterocycles. The van der Waals surface area contributed by atoms with E-state index in [-0.39, 0.29) is 0 Å². The van der Waals surface area contributed by atoms with Gasteiger partial charge in [0.05, 0.1) is 0 Å². The molecule has 0 aliphatic carbocycles. The first kappa shape index (κ1) is 22.7. The number of phenolic OH excluding ortho intramolecular Hbond substituents is 1. The van der Waals surface area contributed by atoms with Crippen LogP contribution in [0.5, 0.6) is 5.75 Å². The minimum atomic E-state index is -0.848. The van der Waals surface area contributed by atoms with Crippen molar-refractivity contribution >= 4 is 0 Å². The van der Waals surface area contributed by atoms with Gasteiger partial charge in [-0.15, -0.1) is 0 Å². The van der Waals surface area contributed by atoms with E-state index in [1.807, 2.05) is 66.7 Å². The summed E-state index contributed by atoms with van der Waals surface area (Å²) in [5, 5.41) is 8.63. The van der Waals surface area contributed by atoms with Gasteiger partial charge in [-0.05, 0) is 23.3 Å². The molecule has 30 heavy (non-hydrogen) atoms. The molecule has 0 unspecified atom stereocenters. The monoisotopic (exact) mass is 396 g/mol. The number of hydrogen-bond acceptors (Lipinski definition) is 2. The van der Waals surface area contributed by atoms with Crippen LogP contribution in [0.25, 0.3) is 0 Å². The highest BCUT2D eigenvalue weighted by Crippen LogP contribution is 2.39. The average Bonchev–Trinajstić information content (AvgIpc) is 2.83. The maximum atomic E-state index is 8.63. The fourth-order valence-electron chi connectivity index (χ4n) is 3.03. The lowest BCUT2D eigenvalue weighted by Crippen LogP contribution is -2.36. The Labute approximate surface area is 179 Å². The molecule has 0 radical (unpaired) electrons. The van der Waals surface area contributed by atoms with Gasteiger partial charge in [-0.3, -0.25) is 0 Å².